The summed E-state index contributed by atoms with van der Waals surface area (Å²) in [6.07, 6.45) is 0. The van der Waals surface area contributed by atoms with E-state index >= 15 is 0 Å². The summed E-state index contributed by atoms with van der Waals surface area (Å²) in [6, 6.07) is 7.38. The average Bonchev–Trinajstić information content (AvgIpc) is 2.41. The van der Waals surface area contributed by atoms with Gasteiger partial charge in [-0.05, 0) is 12.1 Å². The minimum atomic E-state index is -0.446. The standard InChI is InChI=1S/C14H10ClFO3/c15-13-9(2-1-3-11(13)17)10-6-8(16)7-12-14(10)19-5-4-18-12/h1-3,6-7,17H,4-5H2. The van der Waals surface area contributed by atoms with Gasteiger partial charge in [-0.3, -0.25) is 0 Å². The van der Waals surface area contributed by atoms with Gasteiger partial charge in [0.1, 0.15) is 24.8 Å². The number of fused-ring (bicyclic) bond motifs is 1. The maximum absolute atomic E-state index is 13.6. The number of benzene rings is 2. The number of hydrogen-bond acceptors (Lipinski definition) is 3. The number of aromatic hydroxyl groups is 1. The third kappa shape index (κ3) is 2.08. The maximum Gasteiger partial charge on any atom is 0.169 e. The molecule has 2 aromatic rings. The zero-order chi connectivity index (χ0) is 13.4. The van der Waals surface area contributed by atoms with Crippen molar-refractivity contribution in [2.45, 2.75) is 0 Å². The molecule has 1 aliphatic heterocycles. The van der Waals surface area contributed by atoms with Crippen molar-refractivity contribution in [3.63, 3.8) is 0 Å². The van der Waals surface area contributed by atoms with Gasteiger partial charge in [0.2, 0.25) is 0 Å². The van der Waals surface area contributed by atoms with Crippen LogP contribution in [-0.4, -0.2) is 18.3 Å². The van der Waals surface area contributed by atoms with Crippen LogP contribution in [0.5, 0.6) is 17.2 Å². The Morgan fingerprint density at radius 3 is 2.74 bits per heavy atom. The van der Waals surface area contributed by atoms with E-state index in [0.29, 0.717) is 35.8 Å². The summed E-state index contributed by atoms with van der Waals surface area (Å²) >= 11 is 6.05. The van der Waals surface area contributed by atoms with Gasteiger partial charge in [-0.2, -0.15) is 0 Å². The fourth-order valence-corrected chi connectivity index (χ4v) is 2.28. The van der Waals surface area contributed by atoms with Crippen LogP contribution in [0.15, 0.2) is 30.3 Å². The molecule has 0 saturated carbocycles. The summed E-state index contributed by atoms with van der Waals surface area (Å²) in [5, 5.41) is 9.79. The van der Waals surface area contributed by atoms with Crippen LogP contribution < -0.4 is 9.47 Å². The SMILES string of the molecule is Oc1cccc(-c2cc(F)cc3c2OCCO3)c1Cl. The molecule has 0 fully saturated rings. The zero-order valence-electron chi connectivity index (χ0n) is 9.82. The molecule has 19 heavy (non-hydrogen) atoms. The molecule has 0 saturated heterocycles. The van der Waals surface area contributed by atoms with Crippen LogP contribution in [0.1, 0.15) is 0 Å². The van der Waals surface area contributed by atoms with Crippen LogP contribution in [0.2, 0.25) is 5.02 Å². The van der Waals surface area contributed by atoms with Gasteiger partial charge in [0, 0.05) is 17.2 Å². The van der Waals surface area contributed by atoms with Crippen LogP contribution in [-0.2, 0) is 0 Å². The molecule has 3 nitrogen and oxygen atoms in total. The quantitative estimate of drug-likeness (QED) is 0.867. The number of phenols is 1. The highest BCUT2D eigenvalue weighted by molar-refractivity contribution is 6.34. The number of rotatable bonds is 1. The smallest absolute Gasteiger partial charge is 0.169 e. The molecule has 2 aromatic carbocycles. The second-order valence-electron chi connectivity index (χ2n) is 4.12. The van der Waals surface area contributed by atoms with Gasteiger partial charge in [0.15, 0.2) is 11.5 Å². The summed E-state index contributed by atoms with van der Waals surface area (Å²) < 4.78 is 24.5. The molecule has 5 heteroatoms. The number of hydrogen-bond donors (Lipinski definition) is 1. The molecule has 0 aromatic heterocycles. The van der Waals surface area contributed by atoms with Crippen LogP contribution in [0.4, 0.5) is 4.39 Å². The van der Waals surface area contributed by atoms with E-state index in [-0.39, 0.29) is 10.8 Å². The second-order valence-corrected chi connectivity index (χ2v) is 4.49. The summed E-state index contributed by atoms with van der Waals surface area (Å²) in [4.78, 5) is 0. The van der Waals surface area contributed by atoms with Crippen molar-refractivity contribution >= 4 is 11.6 Å². The lowest BCUT2D eigenvalue weighted by molar-refractivity contribution is 0.171. The van der Waals surface area contributed by atoms with Crippen LogP contribution in [0, 0.1) is 5.82 Å². The predicted octanol–water partition coefficient (Wildman–Crippen LogP) is 3.62. The Bertz CT molecular complexity index is 643. The first-order valence-electron chi connectivity index (χ1n) is 5.74. The van der Waals surface area contributed by atoms with Gasteiger partial charge >= 0.3 is 0 Å². The van der Waals surface area contributed by atoms with E-state index in [2.05, 4.69) is 0 Å². The van der Waals surface area contributed by atoms with E-state index in [4.69, 9.17) is 21.1 Å². The third-order valence-corrected chi connectivity index (χ3v) is 3.27. The molecule has 0 radical (unpaired) electrons. The lowest BCUT2D eigenvalue weighted by Crippen LogP contribution is -2.16. The Balaban J connectivity index is 2.24. The van der Waals surface area contributed by atoms with Gasteiger partial charge in [0.05, 0.1) is 5.02 Å². The molecule has 1 heterocycles. The van der Waals surface area contributed by atoms with Crippen molar-refractivity contribution in [1.82, 2.24) is 0 Å². The molecule has 0 spiro atoms. The highest BCUT2D eigenvalue weighted by Crippen LogP contribution is 2.44. The fourth-order valence-electron chi connectivity index (χ4n) is 2.05. The van der Waals surface area contributed by atoms with Gasteiger partial charge in [0.25, 0.3) is 0 Å². The summed E-state index contributed by atoms with van der Waals surface area (Å²) in [7, 11) is 0. The molecule has 0 amide bonds. The first-order valence-corrected chi connectivity index (χ1v) is 6.11. The van der Waals surface area contributed by atoms with Gasteiger partial charge < -0.3 is 14.6 Å². The van der Waals surface area contributed by atoms with Crippen molar-refractivity contribution in [3.8, 4) is 28.4 Å². The number of halogens is 2. The van der Waals surface area contributed by atoms with Crippen LogP contribution in [0.3, 0.4) is 0 Å². The molecule has 98 valence electrons. The third-order valence-electron chi connectivity index (χ3n) is 2.88. The Kier molecular flexibility index (Phi) is 2.95. The summed E-state index contributed by atoms with van der Waals surface area (Å²) in [5.74, 6) is 0.286. The van der Waals surface area contributed by atoms with Crippen molar-refractivity contribution in [3.05, 3.63) is 41.2 Å². The highest BCUT2D eigenvalue weighted by Gasteiger charge is 2.21. The van der Waals surface area contributed by atoms with Crippen LogP contribution in [0.25, 0.3) is 11.1 Å². The van der Waals surface area contributed by atoms with E-state index in [1.54, 1.807) is 12.1 Å². The van der Waals surface area contributed by atoms with Gasteiger partial charge in [-0.25, -0.2) is 4.39 Å². The van der Waals surface area contributed by atoms with Crippen molar-refractivity contribution in [2.24, 2.45) is 0 Å². The van der Waals surface area contributed by atoms with Crippen molar-refractivity contribution in [2.75, 3.05) is 13.2 Å². The van der Waals surface area contributed by atoms with E-state index in [1.807, 2.05) is 0 Å². The average molecular weight is 281 g/mol. The number of phenolic OH excluding ortho intramolecular Hbond substituents is 1. The van der Waals surface area contributed by atoms with Gasteiger partial charge in [-0.15, -0.1) is 0 Å². The summed E-state index contributed by atoms with van der Waals surface area (Å²) in [5.41, 5.74) is 0.971. The molecular weight excluding hydrogens is 271 g/mol. The molecule has 1 aliphatic rings. The second kappa shape index (κ2) is 4.63. The van der Waals surface area contributed by atoms with E-state index in [0.717, 1.165) is 0 Å². The molecular formula is C14H10ClFO3. The van der Waals surface area contributed by atoms with E-state index in [1.165, 1.54) is 18.2 Å². The Morgan fingerprint density at radius 1 is 1.11 bits per heavy atom. The molecule has 0 bridgehead atoms. The highest BCUT2D eigenvalue weighted by atomic mass is 35.5. The van der Waals surface area contributed by atoms with E-state index in [9.17, 15) is 9.50 Å². The molecule has 0 aliphatic carbocycles. The summed E-state index contributed by atoms with van der Waals surface area (Å²) in [6.45, 7) is 0.770. The van der Waals surface area contributed by atoms with Crippen molar-refractivity contribution in [1.29, 1.82) is 0 Å². The Morgan fingerprint density at radius 2 is 1.89 bits per heavy atom. The monoisotopic (exact) mass is 280 g/mol. The first-order chi connectivity index (χ1) is 9.16. The lowest BCUT2D eigenvalue weighted by atomic mass is 10.0. The topological polar surface area (TPSA) is 38.7 Å². The lowest BCUT2D eigenvalue weighted by Gasteiger charge is -2.21. The largest absolute Gasteiger partial charge is 0.506 e. The van der Waals surface area contributed by atoms with E-state index < -0.39 is 5.82 Å². The maximum atomic E-state index is 13.6. The predicted molar refractivity (Wildman–Crippen MR) is 69.5 cm³/mol. The van der Waals surface area contributed by atoms with Crippen molar-refractivity contribution < 1.29 is 19.0 Å². The molecule has 0 atom stereocenters. The Labute approximate surface area is 114 Å². The minimum absolute atomic E-state index is 0.0612. The molecule has 0 unspecified atom stereocenters. The first kappa shape index (κ1) is 12.1. The molecule has 1 N–H and O–H groups in total. The van der Waals surface area contributed by atoms with Crippen LogP contribution >= 0.6 is 11.6 Å². The Hall–Kier alpha value is -1.94. The minimum Gasteiger partial charge on any atom is -0.506 e. The number of ether oxygens (including phenoxy) is 2. The normalized spacial score (nSPS) is 13.4. The van der Waals surface area contributed by atoms with Gasteiger partial charge in [-0.1, -0.05) is 23.7 Å². The zero-order valence-corrected chi connectivity index (χ0v) is 10.6. The fraction of sp³-hybridized carbons (Fsp3) is 0.143. The molecule has 3 rings (SSSR count).